The number of aliphatic imine (C=N–C) groups is 1. The maximum Gasteiger partial charge on any atom is 0.265 e. The second-order valence-corrected chi connectivity index (χ2v) is 6.68. The summed E-state index contributed by atoms with van der Waals surface area (Å²) in [7, 11) is 0. The van der Waals surface area contributed by atoms with Crippen molar-refractivity contribution in [1.29, 1.82) is 0 Å². The van der Waals surface area contributed by atoms with Gasteiger partial charge in [0.1, 0.15) is 12.4 Å². The monoisotopic (exact) mass is 395 g/mol. The summed E-state index contributed by atoms with van der Waals surface area (Å²) in [6.07, 6.45) is 4.78. The lowest BCUT2D eigenvalue weighted by atomic mass is 9.96. The number of ether oxygens (including phenoxy) is 2. The van der Waals surface area contributed by atoms with Crippen molar-refractivity contribution in [3.63, 3.8) is 0 Å². The van der Waals surface area contributed by atoms with Crippen LogP contribution in [0.4, 0.5) is 0 Å². The second-order valence-electron chi connectivity index (χ2n) is 6.68. The van der Waals surface area contributed by atoms with Crippen molar-refractivity contribution < 1.29 is 19.4 Å². The summed E-state index contributed by atoms with van der Waals surface area (Å²) in [4.78, 5) is 17.0. The molecule has 1 aliphatic rings. The zero-order valence-corrected chi connectivity index (χ0v) is 16.1. The molecule has 0 radical (unpaired) electrons. The lowest BCUT2D eigenvalue weighted by Crippen LogP contribution is -2.49. The maximum atomic E-state index is 12.5. The fraction of sp³-hybridized carbons (Fsp3) is 0.273. The molecule has 7 nitrogen and oxygen atoms in total. The highest BCUT2D eigenvalue weighted by Crippen LogP contribution is 2.27. The number of amides is 1. The van der Waals surface area contributed by atoms with Crippen LogP contribution in [-0.4, -0.2) is 42.3 Å². The highest BCUT2D eigenvalue weighted by Gasteiger charge is 2.43. The Morgan fingerprint density at radius 1 is 1.24 bits per heavy atom. The molecule has 2 aromatic rings. The van der Waals surface area contributed by atoms with Crippen LogP contribution in [0.2, 0.25) is 0 Å². The number of carbonyl (C=O) groups is 1. The van der Waals surface area contributed by atoms with E-state index in [4.69, 9.17) is 20.4 Å². The first kappa shape index (κ1) is 20.6. The van der Waals surface area contributed by atoms with Crippen LogP contribution < -0.4 is 16.0 Å². The molecular formula is C22H25N3O4. The van der Waals surface area contributed by atoms with E-state index in [-0.39, 0.29) is 13.2 Å². The number of benzene rings is 2. The van der Waals surface area contributed by atoms with E-state index in [1.165, 1.54) is 0 Å². The van der Waals surface area contributed by atoms with Gasteiger partial charge in [0.2, 0.25) is 5.90 Å². The first-order valence-electron chi connectivity index (χ1n) is 9.46. The number of nitrogens with one attached hydrogen (secondary N) is 1. The Labute approximate surface area is 169 Å². The Morgan fingerprint density at radius 3 is 2.69 bits per heavy atom. The molecule has 2 aromatic carbocycles. The van der Waals surface area contributed by atoms with Gasteiger partial charge in [0, 0.05) is 25.0 Å². The molecular weight excluding hydrogens is 370 g/mol. The SMILES string of the molecule is NNC(=O)[C@]1(C/C=C/c2ccccc2)COC(c2ccc(OCCCO)cc2)=N1. The molecule has 0 fully saturated rings. The van der Waals surface area contributed by atoms with E-state index in [0.29, 0.717) is 31.1 Å². The van der Waals surface area contributed by atoms with E-state index >= 15 is 0 Å². The minimum absolute atomic E-state index is 0.0900. The van der Waals surface area contributed by atoms with Gasteiger partial charge >= 0.3 is 0 Å². The first-order chi connectivity index (χ1) is 14.2. The van der Waals surface area contributed by atoms with Crippen LogP contribution in [0, 0.1) is 0 Å². The summed E-state index contributed by atoms with van der Waals surface area (Å²) in [5.74, 6) is 6.09. The predicted octanol–water partition coefficient (Wildman–Crippen LogP) is 2.06. The third-order valence-corrected chi connectivity index (χ3v) is 4.55. The van der Waals surface area contributed by atoms with Crippen LogP contribution in [0.5, 0.6) is 5.75 Å². The van der Waals surface area contributed by atoms with E-state index < -0.39 is 11.4 Å². The van der Waals surface area contributed by atoms with Crippen molar-refractivity contribution in [3.05, 3.63) is 71.8 Å². The number of hydrazine groups is 1. The third-order valence-electron chi connectivity index (χ3n) is 4.55. The molecule has 0 saturated heterocycles. The number of aliphatic hydroxyl groups is 1. The maximum absolute atomic E-state index is 12.5. The van der Waals surface area contributed by atoms with E-state index in [0.717, 1.165) is 11.1 Å². The molecule has 0 spiro atoms. The van der Waals surface area contributed by atoms with Crippen molar-refractivity contribution >= 4 is 17.9 Å². The number of hydrogen-bond acceptors (Lipinski definition) is 6. The Hall–Kier alpha value is -3.16. The molecule has 0 saturated carbocycles. The number of carbonyl (C=O) groups excluding carboxylic acids is 1. The van der Waals surface area contributed by atoms with Gasteiger partial charge in [-0.05, 0) is 29.8 Å². The number of nitrogens with zero attached hydrogens (tertiary/aromatic N) is 1. The van der Waals surface area contributed by atoms with E-state index in [1.54, 1.807) is 12.1 Å². The molecule has 1 amide bonds. The highest BCUT2D eigenvalue weighted by molar-refractivity contribution is 6.00. The van der Waals surface area contributed by atoms with Crippen LogP contribution in [-0.2, 0) is 9.53 Å². The summed E-state index contributed by atoms with van der Waals surface area (Å²) in [6, 6.07) is 17.1. The quantitative estimate of drug-likeness (QED) is 0.261. The summed E-state index contributed by atoms with van der Waals surface area (Å²) in [5, 5.41) is 8.81. The molecule has 0 aromatic heterocycles. The van der Waals surface area contributed by atoms with Crippen LogP contribution in [0.25, 0.3) is 6.08 Å². The zero-order valence-electron chi connectivity index (χ0n) is 16.1. The summed E-state index contributed by atoms with van der Waals surface area (Å²) < 4.78 is 11.3. The van der Waals surface area contributed by atoms with Gasteiger partial charge in [-0.1, -0.05) is 42.5 Å². The topological polar surface area (TPSA) is 106 Å². The highest BCUT2D eigenvalue weighted by atomic mass is 16.5. The molecule has 1 aliphatic heterocycles. The van der Waals surface area contributed by atoms with Crippen LogP contribution >= 0.6 is 0 Å². The first-order valence-corrected chi connectivity index (χ1v) is 9.46. The summed E-state index contributed by atoms with van der Waals surface area (Å²) >= 11 is 0. The molecule has 7 heteroatoms. The van der Waals surface area contributed by atoms with Gasteiger partial charge < -0.3 is 14.6 Å². The second kappa shape index (κ2) is 9.86. The third kappa shape index (κ3) is 5.22. The molecule has 4 N–H and O–H groups in total. The van der Waals surface area contributed by atoms with Crippen LogP contribution in [0.3, 0.4) is 0 Å². The molecule has 29 heavy (non-hydrogen) atoms. The molecule has 0 aliphatic carbocycles. The Morgan fingerprint density at radius 2 is 2.00 bits per heavy atom. The zero-order chi connectivity index (χ0) is 20.5. The normalized spacial score (nSPS) is 18.3. The summed E-state index contributed by atoms with van der Waals surface area (Å²) in [6.45, 7) is 0.646. The number of rotatable bonds is 9. The Balaban J connectivity index is 1.74. The van der Waals surface area contributed by atoms with Gasteiger partial charge in [0.05, 0.1) is 6.61 Å². The molecule has 3 rings (SSSR count). The molecule has 0 unspecified atom stereocenters. The molecule has 1 atom stereocenters. The van der Waals surface area contributed by atoms with Crippen LogP contribution in [0.1, 0.15) is 24.0 Å². The van der Waals surface area contributed by atoms with E-state index in [2.05, 4.69) is 10.4 Å². The van der Waals surface area contributed by atoms with Gasteiger partial charge in [-0.2, -0.15) is 0 Å². The predicted molar refractivity (Wildman–Crippen MR) is 111 cm³/mol. The minimum atomic E-state index is -1.11. The van der Waals surface area contributed by atoms with Gasteiger partial charge in [-0.3, -0.25) is 10.2 Å². The average molecular weight is 395 g/mol. The lowest BCUT2D eigenvalue weighted by molar-refractivity contribution is -0.126. The average Bonchev–Trinajstić information content (AvgIpc) is 3.20. The summed E-state index contributed by atoms with van der Waals surface area (Å²) in [5.41, 5.74) is 2.89. The largest absolute Gasteiger partial charge is 0.494 e. The molecule has 0 bridgehead atoms. The molecule has 152 valence electrons. The van der Waals surface area contributed by atoms with Crippen LogP contribution in [0.15, 0.2) is 65.7 Å². The van der Waals surface area contributed by atoms with Gasteiger partial charge in [0.15, 0.2) is 5.54 Å². The minimum Gasteiger partial charge on any atom is -0.494 e. The van der Waals surface area contributed by atoms with Crippen molar-refractivity contribution in [1.82, 2.24) is 5.43 Å². The Bertz CT molecular complexity index is 865. The van der Waals surface area contributed by atoms with E-state index in [1.807, 2.05) is 54.6 Å². The van der Waals surface area contributed by atoms with Gasteiger partial charge in [-0.25, -0.2) is 10.8 Å². The standard InChI is InChI=1S/C22H25N3O4/c23-25-21(27)22(13-4-8-17-6-2-1-3-7-17)16-29-20(24-22)18-9-11-19(12-10-18)28-15-5-14-26/h1-4,6-12,26H,5,13-16,23H2,(H,25,27)/b8-4+/t22-/m0/s1. The number of nitrogens with two attached hydrogens (primary N) is 1. The van der Waals surface area contributed by atoms with Crippen molar-refractivity contribution in [2.24, 2.45) is 10.8 Å². The van der Waals surface area contributed by atoms with Gasteiger partial charge in [-0.15, -0.1) is 0 Å². The lowest BCUT2D eigenvalue weighted by Gasteiger charge is -2.19. The van der Waals surface area contributed by atoms with Crippen molar-refractivity contribution in [2.75, 3.05) is 19.8 Å². The van der Waals surface area contributed by atoms with Gasteiger partial charge in [0.25, 0.3) is 5.91 Å². The number of hydrogen-bond donors (Lipinski definition) is 3. The fourth-order valence-corrected chi connectivity index (χ4v) is 2.94. The fourth-order valence-electron chi connectivity index (χ4n) is 2.94. The smallest absolute Gasteiger partial charge is 0.265 e. The number of aliphatic hydroxyl groups excluding tert-OH is 1. The van der Waals surface area contributed by atoms with Crippen molar-refractivity contribution in [2.45, 2.75) is 18.4 Å². The van der Waals surface area contributed by atoms with Crippen molar-refractivity contribution in [3.8, 4) is 5.75 Å². The molecule has 1 heterocycles. The van der Waals surface area contributed by atoms with E-state index in [9.17, 15) is 4.79 Å². The Kier molecular flexibility index (Phi) is 6.99.